The molecule has 0 unspecified atom stereocenters. The van der Waals surface area contributed by atoms with Crippen LogP contribution < -0.4 is 48.7 Å². The largest absolute Gasteiger partial charge is 0.508 e. The van der Waals surface area contributed by atoms with Crippen LogP contribution >= 0.6 is 21.6 Å². The first-order valence-corrected chi connectivity index (χ1v) is 26.3. The van der Waals surface area contributed by atoms with E-state index >= 15 is 0 Å². The number of aromatic hydroxyl groups is 1. The maximum Gasteiger partial charge on any atom is 0.244 e. The van der Waals surface area contributed by atoms with Crippen LogP contribution in [0.15, 0.2) is 85.1 Å². The number of nitrogens with two attached hydrogens (primary N) is 2. The summed E-state index contributed by atoms with van der Waals surface area (Å²) >= 11 is 0. The summed E-state index contributed by atoms with van der Waals surface area (Å²) in [4.78, 5) is 115. The van der Waals surface area contributed by atoms with E-state index in [-0.39, 0.29) is 49.5 Å². The summed E-state index contributed by atoms with van der Waals surface area (Å²) in [7, 11) is 2.10. The van der Waals surface area contributed by atoms with E-state index in [2.05, 4.69) is 42.2 Å². The Kier molecular flexibility index (Phi) is 21.8. The number of aliphatic hydroxyl groups is 1. The van der Waals surface area contributed by atoms with Gasteiger partial charge in [-0.15, -0.1) is 0 Å². The van der Waals surface area contributed by atoms with Crippen molar-refractivity contribution >= 4 is 79.7 Å². The molecular weight excluding hydrogens is 965 g/mol. The van der Waals surface area contributed by atoms with Gasteiger partial charge in [-0.3, -0.25) is 38.4 Å². The van der Waals surface area contributed by atoms with E-state index < -0.39 is 102 Å². The molecule has 0 saturated carbocycles. The molecule has 1 aromatic heterocycles. The van der Waals surface area contributed by atoms with Crippen LogP contribution in [-0.4, -0.2) is 129 Å². The number of aromatic amines is 1. The molecule has 0 spiro atoms. The Labute approximate surface area is 425 Å². The first-order valence-electron chi connectivity index (χ1n) is 23.8. The van der Waals surface area contributed by atoms with Crippen LogP contribution in [0.5, 0.6) is 5.75 Å². The molecule has 1 aliphatic heterocycles. The number of aromatic nitrogens is 1. The summed E-state index contributed by atoms with van der Waals surface area (Å²) in [6, 6.07) is 13.2. The number of aliphatic hydroxyl groups excluding tert-OH is 1. The Morgan fingerprint density at radius 3 is 2.01 bits per heavy atom. The van der Waals surface area contributed by atoms with Gasteiger partial charge in [-0.25, -0.2) is 0 Å². The second-order valence-corrected chi connectivity index (χ2v) is 20.5. The van der Waals surface area contributed by atoms with Gasteiger partial charge >= 0.3 is 0 Å². The molecular formula is C50H66N10O10S2. The minimum absolute atomic E-state index is 0.00696. The van der Waals surface area contributed by atoms with Gasteiger partial charge in [0, 0.05) is 47.9 Å². The molecule has 0 radical (unpaired) electrons. The number of nitrogens with one attached hydrogen (secondary N) is 8. The molecule has 72 heavy (non-hydrogen) atoms. The smallest absolute Gasteiger partial charge is 0.244 e. The third-order valence-electron chi connectivity index (χ3n) is 12.0. The lowest BCUT2D eigenvalue weighted by atomic mass is 10.00. The second kappa shape index (κ2) is 27.8. The number of benzene rings is 3. The van der Waals surface area contributed by atoms with E-state index in [0.29, 0.717) is 30.4 Å². The average Bonchev–Trinajstić information content (AvgIpc) is 3.76. The average molecular weight is 1030 g/mol. The molecule has 0 bridgehead atoms. The van der Waals surface area contributed by atoms with Gasteiger partial charge in [0.1, 0.15) is 48.0 Å². The molecule has 388 valence electrons. The number of para-hydroxylation sites is 1. The predicted molar refractivity (Wildman–Crippen MR) is 276 cm³/mol. The number of carbonyl (C=O) groups is 8. The van der Waals surface area contributed by atoms with Crippen molar-refractivity contribution in [2.75, 3.05) is 18.1 Å². The molecule has 8 atom stereocenters. The van der Waals surface area contributed by atoms with Crippen LogP contribution in [0.1, 0.15) is 63.1 Å². The summed E-state index contributed by atoms with van der Waals surface area (Å²) in [5.41, 5.74) is 14.1. The van der Waals surface area contributed by atoms with Crippen molar-refractivity contribution < 1.29 is 48.6 Å². The van der Waals surface area contributed by atoms with Crippen LogP contribution in [0.3, 0.4) is 0 Å². The number of unbranched alkanes of at least 4 members (excludes halogenated alkanes) is 1. The number of fused-ring (bicyclic) bond motifs is 1. The quantitative estimate of drug-likeness (QED) is 0.0514. The SMILES string of the molecule is CC(C)[C@@H]1NC(=O)[C@H](CCCCN)NC(=O)[C@@H](Cc2c[nH]c3ccccc23)NC(=O)[C@H](Cc2ccc(O)cc2)NC(=O)[C@H](NC(=O)CCc2ccccc2)CSSC[C@@H](C(=O)N[C@H](C(N)=O)[C@@H](C)O)NC1=O. The molecule has 4 aromatic rings. The fourth-order valence-corrected chi connectivity index (χ4v) is 10.2. The third kappa shape index (κ3) is 17.0. The number of aryl methyl sites for hydroxylation is 1. The van der Waals surface area contributed by atoms with Gasteiger partial charge in [0.05, 0.1) is 6.10 Å². The van der Waals surface area contributed by atoms with Crippen LogP contribution in [0, 0.1) is 5.92 Å². The topological polar surface area (TPSA) is 329 Å². The molecule has 1 aliphatic rings. The van der Waals surface area contributed by atoms with Crippen LogP contribution in [0.4, 0.5) is 0 Å². The van der Waals surface area contributed by atoms with Gasteiger partial charge in [0.25, 0.3) is 0 Å². The van der Waals surface area contributed by atoms with Crippen molar-refractivity contribution in [2.45, 2.75) is 114 Å². The second-order valence-electron chi connectivity index (χ2n) is 18.0. The summed E-state index contributed by atoms with van der Waals surface area (Å²) in [5, 5.41) is 40.1. The number of carbonyl (C=O) groups excluding carboxylic acids is 8. The maximum absolute atomic E-state index is 14.7. The lowest BCUT2D eigenvalue weighted by molar-refractivity contribution is -0.136. The van der Waals surface area contributed by atoms with E-state index in [9.17, 15) is 48.6 Å². The van der Waals surface area contributed by atoms with Gasteiger partial charge < -0.3 is 63.9 Å². The number of phenols is 1. The number of rotatable bonds is 17. The summed E-state index contributed by atoms with van der Waals surface area (Å²) < 4.78 is 0. The predicted octanol–water partition coefficient (Wildman–Crippen LogP) is 0.731. The van der Waals surface area contributed by atoms with Gasteiger partial charge in [-0.05, 0) is 80.0 Å². The highest BCUT2D eigenvalue weighted by molar-refractivity contribution is 8.76. The van der Waals surface area contributed by atoms with Crippen LogP contribution in [0.2, 0.25) is 0 Å². The van der Waals surface area contributed by atoms with Crippen molar-refractivity contribution in [1.82, 2.24) is 42.2 Å². The molecule has 0 aliphatic carbocycles. The fourth-order valence-electron chi connectivity index (χ4n) is 7.89. The number of hydrogen-bond donors (Lipinski definition) is 12. The van der Waals surface area contributed by atoms with Gasteiger partial charge in [0.15, 0.2) is 0 Å². The van der Waals surface area contributed by atoms with E-state index in [1.165, 1.54) is 19.1 Å². The molecule has 20 nitrogen and oxygen atoms in total. The van der Waals surface area contributed by atoms with Crippen molar-refractivity contribution in [1.29, 1.82) is 0 Å². The number of hydrogen-bond acceptors (Lipinski definition) is 13. The molecule has 14 N–H and O–H groups in total. The van der Waals surface area contributed by atoms with Crippen LogP contribution in [-0.2, 0) is 57.6 Å². The minimum Gasteiger partial charge on any atom is -0.508 e. The molecule has 1 fully saturated rings. The summed E-state index contributed by atoms with van der Waals surface area (Å²) in [6.45, 7) is 4.88. The zero-order chi connectivity index (χ0) is 52.3. The molecule has 3 aromatic carbocycles. The van der Waals surface area contributed by atoms with Crippen molar-refractivity contribution in [2.24, 2.45) is 17.4 Å². The highest BCUT2D eigenvalue weighted by Gasteiger charge is 2.36. The Morgan fingerprint density at radius 2 is 1.35 bits per heavy atom. The van der Waals surface area contributed by atoms with Gasteiger partial charge in [-0.2, -0.15) is 0 Å². The van der Waals surface area contributed by atoms with E-state index in [0.717, 1.165) is 38.1 Å². The lowest BCUT2D eigenvalue weighted by Gasteiger charge is -2.29. The summed E-state index contributed by atoms with van der Waals surface area (Å²) in [6.07, 6.45) is 1.44. The third-order valence-corrected chi connectivity index (χ3v) is 14.4. The monoisotopic (exact) mass is 1030 g/mol. The first kappa shape index (κ1) is 56.3. The maximum atomic E-state index is 14.7. The zero-order valence-electron chi connectivity index (χ0n) is 40.5. The lowest BCUT2D eigenvalue weighted by Crippen LogP contribution is -2.62. The van der Waals surface area contributed by atoms with E-state index in [1.54, 1.807) is 32.2 Å². The van der Waals surface area contributed by atoms with E-state index in [4.69, 9.17) is 11.5 Å². The number of amides is 8. The Balaban J connectivity index is 1.57. The highest BCUT2D eigenvalue weighted by Crippen LogP contribution is 2.25. The van der Waals surface area contributed by atoms with Crippen molar-refractivity contribution in [3.8, 4) is 5.75 Å². The molecule has 22 heteroatoms. The normalized spacial score (nSPS) is 21.8. The number of H-pyrrole nitrogens is 1. The molecule has 5 rings (SSSR count). The first-order chi connectivity index (χ1) is 34.4. The van der Waals surface area contributed by atoms with Crippen molar-refractivity contribution in [3.05, 3.63) is 102 Å². The van der Waals surface area contributed by atoms with Crippen molar-refractivity contribution in [3.63, 3.8) is 0 Å². The zero-order valence-corrected chi connectivity index (χ0v) is 42.1. The summed E-state index contributed by atoms with van der Waals surface area (Å²) in [5.74, 6) is -7.14. The Hall–Kier alpha value is -6.62. The number of primary amides is 1. The molecule has 2 heterocycles. The minimum atomic E-state index is -1.53. The highest BCUT2D eigenvalue weighted by atomic mass is 33.1. The molecule has 8 amide bonds. The molecule has 1 saturated heterocycles. The number of phenolic OH excluding ortho intramolecular Hbond substituents is 1. The van der Waals surface area contributed by atoms with E-state index in [1.807, 2.05) is 54.6 Å². The Bertz CT molecular complexity index is 2490. The van der Waals surface area contributed by atoms with Gasteiger partial charge in [-0.1, -0.05) is 96.1 Å². The Morgan fingerprint density at radius 1 is 0.722 bits per heavy atom. The van der Waals surface area contributed by atoms with Gasteiger partial charge in [0.2, 0.25) is 47.3 Å². The standard InChI is InChI=1S/C50H66N10O10S2/c1-28(2)42-50(70)58-40(49(69)60-43(29(3)61)44(52)64)27-72-71-26-39(54-41(63)21-18-30-11-5-4-6-12-30)48(68)56-37(23-31-16-19-33(62)20-17-31)46(66)57-38(24-32-25-53-35-14-8-7-13-34(32)35)47(67)55-36(45(65)59-42)15-9-10-22-51/h4-8,11-14,16-17,19-20,25,28-29,36-40,42-43,53,61-62H,9-10,15,18,21-24,26-27,51H2,1-3H3,(H2,52,64)(H,54,63)(H,55,67)(H,56,68)(H,57,66)(H,58,70)(H,59,65)(H,60,69)/t29-,36+,37+,38-,39-,40+,42+,43+/m1/s1. The fraction of sp³-hybridized carbons (Fsp3) is 0.440. The van der Waals surface area contributed by atoms with Crippen LogP contribution in [0.25, 0.3) is 10.9 Å².